The Hall–Kier alpha value is -3.36. The first-order valence-corrected chi connectivity index (χ1v) is 8.26. The number of aromatic nitrogens is 5. The van der Waals surface area contributed by atoms with Crippen LogP contribution in [0.15, 0.2) is 40.0 Å². The van der Waals surface area contributed by atoms with Gasteiger partial charge < -0.3 is 14.8 Å². The molecule has 0 bridgehead atoms. The summed E-state index contributed by atoms with van der Waals surface area (Å²) in [5.41, 5.74) is 0.207. The third-order valence-corrected chi connectivity index (χ3v) is 4.11. The van der Waals surface area contributed by atoms with Crippen LogP contribution in [0.1, 0.15) is 53.8 Å². The molecule has 3 aromatic rings. The van der Waals surface area contributed by atoms with Crippen LogP contribution in [0.5, 0.6) is 0 Å². The lowest BCUT2D eigenvalue weighted by atomic mass is 10.2. The van der Waals surface area contributed by atoms with Crippen molar-refractivity contribution in [2.45, 2.75) is 31.7 Å². The Labute approximate surface area is 147 Å². The van der Waals surface area contributed by atoms with Gasteiger partial charge in [-0.2, -0.15) is 4.98 Å². The largest absolute Gasteiger partial charge is 0.340 e. The van der Waals surface area contributed by atoms with Crippen LogP contribution >= 0.6 is 0 Å². The standard InChI is InChI=1S/C17H16N6O3/c1-9(17-22-14(23-26-17)11-3-2-6-18-7-11)20-15(24)12-8-19-13(10-4-5-10)21-16(12)25/h2-3,6-10H,4-5H2,1H3,(H,20,24)(H,19,21,25)/t9-/m0/s1. The van der Waals surface area contributed by atoms with Crippen molar-refractivity contribution in [2.24, 2.45) is 0 Å². The van der Waals surface area contributed by atoms with E-state index in [2.05, 4.69) is 30.4 Å². The molecule has 1 aliphatic rings. The molecule has 0 radical (unpaired) electrons. The minimum absolute atomic E-state index is 0.0479. The van der Waals surface area contributed by atoms with Crippen molar-refractivity contribution in [2.75, 3.05) is 0 Å². The summed E-state index contributed by atoms with van der Waals surface area (Å²) < 4.78 is 5.20. The van der Waals surface area contributed by atoms with Gasteiger partial charge in [-0.15, -0.1) is 0 Å². The zero-order chi connectivity index (χ0) is 18.1. The van der Waals surface area contributed by atoms with E-state index >= 15 is 0 Å². The van der Waals surface area contributed by atoms with Gasteiger partial charge in [-0.1, -0.05) is 5.16 Å². The van der Waals surface area contributed by atoms with Crippen LogP contribution in [0, 0.1) is 0 Å². The Bertz CT molecular complexity index is 993. The van der Waals surface area contributed by atoms with Crippen LogP contribution in [-0.2, 0) is 0 Å². The van der Waals surface area contributed by atoms with E-state index in [0.29, 0.717) is 23.1 Å². The molecule has 3 aromatic heterocycles. The van der Waals surface area contributed by atoms with Gasteiger partial charge in [0.1, 0.15) is 17.4 Å². The van der Waals surface area contributed by atoms with Crippen LogP contribution in [0.25, 0.3) is 11.4 Å². The predicted octanol–water partition coefficient (Wildman–Crippen LogP) is 1.58. The number of hydrogen-bond donors (Lipinski definition) is 2. The molecule has 2 N–H and O–H groups in total. The van der Waals surface area contributed by atoms with Gasteiger partial charge in [0.25, 0.3) is 11.5 Å². The second-order valence-corrected chi connectivity index (χ2v) is 6.18. The molecule has 3 heterocycles. The van der Waals surface area contributed by atoms with Crippen molar-refractivity contribution in [1.29, 1.82) is 0 Å². The molecule has 26 heavy (non-hydrogen) atoms. The number of carbonyl (C=O) groups excluding carboxylic acids is 1. The third kappa shape index (κ3) is 3.23. The number of nitrogens with one attached hydrogen (secondary N) is 2. The molecule has 1 saturated carbocycles. The van der Waals surface area contributed by atoms with Crippen LogP contribution < -0.4 is 10.9 Å². The fourth-order valence-electron chi connectivity index (χ4n) is 2.49. The number of carbonyl (C=O) groups is 1. The monoisotopic (exact) mass is 352 g/mol. The third-order valence-electron chi connectivity index (χ3n) is 4.11. The summed E-state index contributed by atoms with van der Waals surface area (Å²) in [6, 6.07) is 3.00. The molecule has 0 saturated heterocycles. The number of nitrogens with zero attached hydrogens (tertiary/aromatic N) is 4. The summed E-state index contributed by atoms with van der Waals surface area (Å²) in [5.74, 6) is 1.01. The first-order chi connectivity index (χ1) is 12.6. The predicted molar refractivity (Wildman–Crippen MR) is 90.2 cm³/mol. The first-order valence-electron chi connectivity index (χ1n) is 8.26. The molecule has 0 aliphatic heterocycles. The Balaban J connectivity index is 1.48. The van der Waals surface area contributed by atoms with Crippen molar-refractivity contribution in [3.8, 4) is 11.4 Å². The number of hydrogen-bond acceptors (Lipinski definition) is 7. The lowest BCUT2D eigenvalue weighted by Crippen LogP contribution is -2.32. The maximum atomic E-state index is 12.4. The summed E-state index contributed by atoms with van der Waals surface area (Å²) in [6.07, 6.45) is 6.60. The number of aromatic amines is 1. The van der Waals surface area contributed by atoms with Crippen molar-refractivity contribution in [1.82, 2.24) is 30.4 Å². The molecule has 9 nitrogen and oxygen atoms in total. The number of pyridine rings is 1. The summed E-state index contributed by atoms with van der Waals surface area (Å²) in [5, 5.41) is 6.56. The molecule has 9 heteroatoms. The molecular formula is C17H16N6O3. The molecule has 4 rings (SSSR count). The van der Waals surface area contributed by atoms with Gasteiger partial charge in [-0.05, 0) is 31.9 Å². The molecule has 1 fully saturated rings. The van der Waals surface area contributed by atoms with E-state index in [9.17, 15) is 9.59 Å². The van der Waals surface area contributed by atoms with Crippen molar-refractivity contribution in [3.63, 3.8) is 0 Å². The highest BCUT2D eigenvalue weighted by Crippen LogP contribution is 2.37. The molecule has 1 amide bonds. The number of H-pyrrole nitrogens is 1. The van der Waals surface area contributed by atoms with Crippen molar-refractivity contribution in [3.05, 3.63) is 58.4 Å². The summed E-state index contributed by atoms with van der Waals surface area (Å²) in [4.78, 5) is 39.6. The van der Waals surface area contributed by atoms with Gasteiger partial charge >= 0.3 is 0 Å². The highest BCUT2D eigenvalue weighted by atomic mass is 16.5. The van der Waals surface area contributed by atoms with Crippen LogP contribution in [0.4, 0.5) is 0 Å². The average Bonchev–Trinajstić information content (AvgIpc) is 3.38. The molecular weight excluding hydrogens is 336 g/mol. The van der Waals surface area contributed by atoms with Gasteiger partial charge in [-0.3, -0.25) is 14.6 Å². The van der Waals surface area contributed by atoms with E-state index in [1.807, 2.05) is 0 Å². The van der Waals surface area contributed by atoms with E-state index in [-0.39, 0.29) is 11.5 Å². The second kappa shape index (κ2) is 6.51. The van der Waals surface area contributed by atoms with Crippen molar-refractivity contribution < 1.29 is 9.32 Å². The van der Waals surface area contributed by atoms with Crippen molar-refractivity contribution >= 4 is 5.91 Å². The first kappa shape index (κ1) is 16.1. The van der Waals surface area contributed by atoms with Gasteiger partial charge in [0.05, 0.1) is 0 Å². The van der Waals surface area contributed by atoms with Crippen LogP contribution in [0.3, 0.4) is 0 Å². The smallest absolute Gasteiger partial charge is 0.263 e. The number of rotatable bonds is 5. The Morgan fingerprint density at radius 3 is 2.92 bits per heavy atom. The fourth-order valence-corrected chi connectivity index (χ4v) is 2.49. The second-order valence-electron chi connectivity index (χ2n) is 6.18. The SMILES string of the molecule is C[C@H](NC(=O)c1cnc(C2CC2)[nH]c1=O)c1nc(-c2cccnc2)no1. The normalized spacial score (nSPS) is 14.8. The van der Waals surface area contributed by atoms with Gasteiger partial charge in [0.15, 0.2) is 0 Å². The molecule has 0 unspecified atom stereocenters. The number of amides is 1. The van der Waals surface area contributed by atoms with E-state index in [0.717, 1.165) is 12.8 Å². The minimum atomic E-state index is -0.567. The lowest BCUT2D eigenvalue weighted by Gasteiger charge is -2.09. The maximum absolute atomic E-state index is 12.4. The topological polar surface area (TPSA) is 127 Å². The van der Waals surface area contributed by atoms with Gasteiger partial charge in [0, 0.05) is 30.1 Å². The zero-order valence-electron chi connectivity index (χ0n) is 14.0. The highest BCUT2D eigenvalue weighted by molar-refractivity contribution is 5.93. The quantitative estimate of drug-likeness (QED) is 0.713. The summed E-state index contributed by atoms with van der Waals surface area (Å²) in [7, 11) is 0. The van der Waals surface area contributed by atoms with Gasteiger partial charge in [0.2, 0.25) is 11.7 Å². The molecule has 132 valence electrons. The summed E-state index contributed by atoms with van der Waals surface area (Å²) >= 11 is 0. The van der Waals surface area contributed by atoms with E-state index in [1.54, 1.807) is 31.5 Å². The molecule has 1 atom stereocenters. The zero-order valence-corrected chi connectivity index (χ0v) is 14.0. The lowest BCUT2D eigenvalue weighted by molar-refractivity contribution is 0.0930. The van der Waals surface area contributed by atoms with Gasteiger partial charge in [-0.25, -0.2) is 4.98 Å². The molecule has 1 aliphatic carbocycles. The highest BCUT2D eigenvalue weighted by Gasteiger charge is 2.27. The summed E-state index contributed by atoms with van der Waals surface area (Å²) in [6.45, 7) is 1.69. The fraction of sp³-hybridized carbons (Fsp3) is 0.294. The Kier molecular flexibility index (Phi) is 4.04. The molecule has 0 spiro atoms. The van der Waals surface area contributed by atoms with E-state index in [1.165, 1.54) is 6.20 Å². The maximum Gasteiger partial charge on any atom is 0.263 e. The molecule has 0 aromatic carbocycles. The Morgan fingerprint density at radius 1 is 1.38 bits per heavy atom. The van der Waals surface area contributed by atoms with E-state index in [4.69, 9.17) is 4.52 Å². The van der Waals surface area contributed by atoms with Crippen LogP contribution in [0.2, 0.25) is 0 Å². The average molecular weight is 352 g/mol. The Morgan fingerprint density at radius 2 is 2.23 bits per heavy atom. The van der Waals surface area contributed by atoms with E-state index < -0.39 is 17.5 Å². The van der Waals surface area contributed by atoms with Crippen LogP contribution in [-0.4, -0.2) is 31.0 Å². The minimum Gasteiger partial charge on any atom is -0.340 e.